The highest BCUT2D eigenvalue weighted by atomic mass is 16.5. The third-order valence-electron chi connectivity index (χ3n) is 1.92. The van der Waals surface area contributed by atoms with Crippen molar-refractivity contribution >= 4 is 5.97 Å². The van der Waals surface area contributed by atoms with Gasteiger partial charge >= 0.3 is 5.97 Å². The van der Waals surface area contributed by atoms with E-state index in [1.165, 1.54) is 0 Å². The summed E-state index contributed by atoms with van der Waals surface area (Å²) >= 11 is 0. The SMILES string of the molecule is CCOC(=O)c1ccc(OCCOC)cc1. The zero-order valence-corrected chi connectivity index (χ0v) is 9.56. The maximum atomic E-state index is 11.3. The number of methoxy groups -OCH3 is 1. The fourth-order valence-electron chi connectivity index (χ4n) is 1.14. The molecule has 0 saturated carbocycles. The lowest BCUT2D eigenvalue weighted by atomic mass is 10.2. The minimum Gasteiger partial charge on any atom is -0.491 e. The van der Waals surface area contributed by atoms with E-state index in [2.05, 4.69) is 0 Å². The van der Waals surface area contributed by atoms with Crippen LogP contribution in [0.2, 0.25) is 0 Å². The molecule has 1 aromatic carbocycles. The largest absolute Gasteiger partial charge is 0.491 e. The second-order valence-corrected chi connectivity index (χ2v) is 3.09. The van der Waals surface area contributed by atoms with Crippen molar-refractivity contribution in [1.29, 1.82) is 0 Å². The fraction of sp³-hybridized carbons (Fsp3) is 0.417. The van der Waals surface area contributed by atoms with Crippen LogP contribution in [0, 0.1) is 0 Å². The van der Waals surface area contributed by atoms with Crippen LogP contribution >= 0.6 is 0 Å². The van der Waals surface area contributed by atoms with Crippen LogP contribution in [0.4, 0.5) is 0 Å². The molecule has 0 fully saturated rings. The fourth-order valence-corrected chi connectivity index (χ4v) is 1.14. The van der Waals surface area contributed by atoms with Crippen LogP contribution in [-0.4, -0.2) is 32.9 Å². The number of rotatable bonds is 6. The van der Waals surface area contributed by atoms with Crippen molar-refractivity contribution < 1.29 is 19.0 Å². The Kier molecular flexibility index (Phi) is 5.36. The first-order valence-electron chi connectivity index (χ1n) is 5.17. The van der Waals surface area contributed by atoms with Crippen LogP contribution in [0.15, 0.2) is 24.3 Å². The molecule has 4 heteroatoms. The topological polar surface area (TPSA) is 44.8 Å². The lowest BCUT2D eigenvalue weighted by molar-refractivity contribution is 0.0526. The summed E-state index contributed by atoms with van der Waals surface area (Å²) in [5.41, 5.74) is 0.529. The van der Waals surface area contributed by atoms with Gasteiger partial charge in [0.1, 0.15) is 12.4 Å². The second kappa shape index (κ2) is 6.85. The Labute approximate surface area is 95.1 Å². The van der Waals surface area contributed by atoms with Gasteiger partial charge in [0.15, 0.2) is 0 Å². The van der Waals surface area contributed by atoms with E-state index in [0.29, 0.717) is 31.1 Å². The van der Waals surface area contributed by atoms with Gasteiger partial charge in [-0.3, -0.25) is 0 Å². The van der Waals surface area contributed by atoms with Gasteiger partial charge in [-0.2, -0.15) is 0 Å². The number of carbonyl (C=O) groups excluding carboxylic acids is 1. The van der Waals surface area contributed by atoms with Gasteiger partial charge in [-0.05, 0) is 31.2 Å². The molecule has 1 aromatic rings. The molecule has 0 saturated heterocycles. The Balaban J connectivity index is 2.50. The predicted molar refractivity (Wildman–Crippen MR) is 59.8 cm³/mol. The van der Waals surface area contributed by atoms with Gasteiger partial charge in [0.05, 0.1) is 18.8 Å². The Bertz CT molecular complexity index is 318. The molecule has 0 radical (unpaired) electrons. The minimum atomic E-state index is -0.314. The zero-order chi connectivity index (χ0) is 11.8. The minimum absolute atomic E-state index is 0.314. The molecule has 0 spiro atoms. The standard InChI is InChI=1S/C12H16O4/c1-3-15-12(13)10-4-6-11(7-5-10)16-9-8-14-2/h4-7H,3,8-9H2,1-2H3. The smallest absolute Gasteiger partial charge is 0.338 e. The number of carbonyl (C=O) groups is 1. The van der Waals surface area contributed by atoms with Crippen LogP contribution < -0.4 is 4.74 Å². The lowest BCUT2D eigenvalue weighted by Crippen LogP contribution is -2.06. The van der Waals surface area contributed by atoms with E-state index in [1.54, 1.807) is 38.3 Å². The Morgan fingerprint density at radius 1 is 1.19 bits per heavy atom. The molecule has 0 amide bonds. The van der Waals surface area contributed by atoms with E-state index in [0.717, 1.165) is 0 Å². The molecule has 0 bridgehead atoms. The van der Waals surface area contributed by atoms with Crippen molar-refractivity contribution in [3.63, 3.8) is 0 Å². The average Bonchev–Trinajstić information content (AvgIpc) is 2.30. The number of benzene rings is 1. The van der Waals surface area contributed by atoms with Crippen LogP contribution in [0.3, 0.4) is 0 Å². The van der Waals surface area contributed by atoms with E-state index in [9.17, 15) is 4.79 Å². The highest BCUT2D eigenvalue weighted by molar-refractivity contribution is 5.89. The summed E-state index contributed by atoms with van der Waals surface area (Å²) in [5.74, 6) is 0.399. The maximum Gasteiger partial charge on any atom is 0.338 e. The van der Waals surface area contributed by atoms with Gasteiger partial charge in [0.2, 0.25) is 0 Å². The summed E-state index contributed by atoms with van der Waals surface area (Å²) in [6.07, 6.45) is 0. The molecule has 0 atom stereocenters. The van der Waals surface area contributed by atoms with Gasteiger partial charge in [-0.1, -0.05) is 0 Å². The first-order valence-corrected chi connectivity index (χ1v) is 5.17. The Hall–Kier alpha value is -1.55. The number of esters is 1. The third-order valence-corrected chi connectivity index (χ3v) is 1.92. The summed E-state index contributed by atoms with van der Waals surface area (Å²) in [6.45, 7) is 3.19. The van der Waals surface area contributed by atoms with E-state index < -0.39 is 0 Å². The van der Waals surface area contributed by atoms with Crippen molar-refractivity contribution in [3.05, 3.63) is 29.8 Å². The molecule has 0 N–H and O–H groups in total. The van der Waals surface area contributed by atoms with Crippen LogP contribution in [0.5, 0.6) is 5.75 Å². The van der Waals surface area contributed by atoms with Gasteiger partial charge in [0.25, 0.3) is 0 Å². The maximum absolute atomic E-state index is 11.3. The first kappa shape index (κ1) is 12.5. The molecule has 0 aliphatic carbocycles. The van der Waals surface area contributed by atoms with Crippen molar-refractivity contribution in [2.75, 3.05) is 26.9 Å². The summed E-state index contributed by atoms with van der Waals surface area (Å²) < 4.78 is 15.1. The van der Waals surface area contributed by atoms with Gasteiger partial charge in [-0.25, -0.2) is 4.79 Å². The van der Waals surface area contributed by atoms with E-state index in [1.807, 2.05) is 0 Å². The van der Waals surface area contributed by atoms with Crippen molar-refractivity contribution in [3.8, 4) is 5.75 Å². The number of ether oxygens (including phenoxy) is 3. The normalized spacial score (nSPS) is 9.88. The molecule has 1 rings (SSSR count). The summed E-state index contributed by atoms with van der Waals surface area (Å²) in [7, 11) is 1.62. The lowest BCUT2D eigenvalue weighted by Gasteiger charge is -2.06. The molecule has 0 unspecified atom stereocenters. The molecular formula is C12H16O4. The average molecular weight is 224 g/mol. The predicted octanol–water partition coefficient (Wildman–Crippen LogP) is 1.89. The Morgan fingerprint density at radius 2 is 1.88 bits per heavy atom. The molecule has 0 aromatic heterocycles. The van der Waals surface area contributed by atoms with E-state index >= 15 is 0 Å². The highest BCUT2D eigenvalue weighted by Gasteiger charge is 2.05. The highest BCUT2D eigenvalue weighted by Crippen LogP contribution is 2.12. The molecular weight excluding hydrogens is 208 g/mol. The summed E-state index contributed by atoms with van der Waals surface area (Å²) in [6, 6.07) is 6.84. The molecule has 4 nitrogen and oxygen atoms in total. The van der Waals surface area contributed by atoms with Crippen molar-refractivity contribution in [2.45, 2.75) is 6.92 Å². The molecule has 0 aliphatic heterocycles. The molecule has 88 valence electrons. The molecule has 0 aliphatic rings. The van der Waals surface area contributed by atoms with Gasteiger partial charge in [0, 0.05) is 7.11 Å². The van der Waals surface area contributed by atoms with Crippen LogP contribution in [0.25, 0.3) is 0 Å². The number of hydrogen-bond acceptors (Lipinski definition) is 4. The van der Waals surface area contributed by atoms with Crippen molar-refractivity contribution in [1.82, 2.24) is 0 Å². The first-order chi connectivity index (χ1) is 7.77. The number of hydrogen-bond donors (Lipinski definition) is 0. The van der Waals surface area contributed by atoms with Crippen molar-refractivity contribution in [2.24, 2.45) is 0 Å². The molecule has 0 heterocycles. The quantitative estimate of drug-likeness (QED) is 0.546. The molecule has 16 heavy (non-hydrogen) atoms. The van der Waals surface area contributed by atoms with Crippen LogP contribution in [0.1, 0.15) is 17.3 Å². The summed E-state index contributed by atoms with van der Waals surface area (Å²) in [5, 5.41) is 0. The van der Waals surface area contributed by atoms with Crippen LogP contribution in [-0.2, 0) is 9.47 Å². The zero-order valence-electron chi connectivity index (χ0n) is 9.56. The van der Waals surface area contributed by atoms with E-state index in [4.69, 9.17) is 14.2 Å². The summed E-state index contributed by atoms with van der Waals surface area (Å²) in [4.78, 5) is 11.3. The Morgan fingerprint density at radius 3 is 2.44 bits per heavy atom. The second-order valence-electron chi connectivity index (χ2n) is 3.09. The third kappa shape index (κ3) is 3.90. The van der Waals surface area contributed by atoms with E-state index in [-0.39, 0.29) is 5.97 Å². The van der Waals surface area contributed by atoms with Gasteiger partial charge < -0.3 is 14.2 Å². The monoisotopic (exact) mass is 224 g/mol. The van der Waals surface area contributed by atoms with Gasteiger partial charge in [-0.15, -0.1) is 0 Å².